The van der Waals surface area contributed by atoms with Crippen LogP contribution in [0.2, 0.25) is 0 Å². The second-order valence-corrected chi connectivity index (χ2v) is 6.90. The molecule has 2 rings (SSSR count). The van der Waals surface area contributed by atoms with E-state index in [1.165, 1.54) is 0 Å². The highest BCUT2D eigenvalue weighted by molar-refractivity contribution is 5.74. The number of carbonyl (C=O) groups excluding carboxylic acids is 1. The van der Waals surface area contributed by atoms with Crippen LogP contribution in [-0.4, -0.2) is 66.3 Å². The third kappa shape index (κ3) is 4.85. The highest BCUT2D eigenvalue weighted by Gasteiger charge is 2.29. The van der Waals surface area contributed by atoms with Gasteiger partial charge in [-0.15, -0.1) is 0 Å². The number of hydrogen-bond acceptors (Lipinski definition) is 3. The molecule has 5 nitrogen and oxygen atoms in total. The maximum Gasteiger partial charge on any atom is 0.317 e. The average Bonchev–Trinajstić information content (AvgIpc) is 2.87. The van der Waals surface area contributed by atoms with Gasteiger partial charge in [-0.1, -0.05) is 0 Å². The van der Waals surface area contributed by atoms with Crippen molar-refractivity contribution in [3.8, 4) is 0 Å². The molecule has 2 aliphatic rings. The predicted molar refractivity (Wildman–Crippen MR) is 84.5 cm³/mol. The fourth-order valence-electron chi connectivity index (χ4n) is 3.23. The summed E-state index contributed by atoms with van der Waals surface area (Å²) in [6.07, 6.45) is 3.52. The quantitative estimate of drug-likeness (QED) is 0.864. The van der Waals surface area contributed by atoms with Gasteiger partial charge in [-0.3, -0.25) is 0 Å². The van der Waals surface area contributed by atoms with Gasteiger partial charge in [0.2, 0.25) is 0 Å². The molecule has 2 fully saturated rings. The van der Waals surface area contributed by atoms with E-state index >= 15 is 0 Å². The Morgan fingerprint density at radius 2 is 1.76 bits per heavy atom. The molecule has 122 valence electrons. The van der Waals surface area contributed by atoms with Crippen LogP contribution in [0.25, 0.3) is 0 Å². The van der Waals surface area contributed by atoms with Crippen molar-refractivity contribution in [3.05, 3.63) is 0 Å². The van der Waals surface area contributed by atoms with E-state index in [0.29, 0.717) is 12.1 Å². The molecule has 5 heteroatoms. The van der Waals surface area contributed by atoms with Crippen molar-refractivity contribution in [1.29, 1.82) is 0 Å². The van der Waals surface area contributed by atoms with Crippen molar-refractivity contribution in [2.75, 3.05) is 26.2 Å². The van der Waals surface area contributed by atoms with E-state index in [2.05, 4.69) is 24.1 Å². The maximum atomic E-state index is 12.3. The van der Waals surface area contributed by atoms with Crippen molar-refractivity contribution in [2.24, 2.45) is 0 Å². The van der Waals surface area contributed by atoms with Gasteiger partial charge in [0.15, 0.2) is 0 Å². The first-order chi connectivity index (χ1) is 9.95. The second-order valence-electron chi connectivity index (χ2n) is 6.90. The Labute approximate surface area is 129 Å². The number of carbonyl (C=O) groups is 1. The average molecular weight is 297 g/mol. The van der Waals surface area contributed by atoms with Crippen molar-refractivity contribution in [2.45, 2.75) is 71.2 Å². The van der Waals surface area contributed by atoms with Gasteiger partial charge >= 0.3 is 6.03 Å². The summed E-state index contributed by atoms with van der Waals surface area (Å²) in [6, 6.07) is 1.03. The van der Waals surface area contributed by atoms with E-state index in [0.717, 1.165) is 45.4 Å². The summed E-state index contributed by atoms with van der Waals surface area (Å²) in [7, 11) is 0. The molecule has 0 aromatic carbocycles. The fourth-order valence-corrected chi connectivity index (χ4v) is 3.23. The minimum absolute atomic E-state index is 0.0906. The molecule has 0 aliphatic carbocycles. The number of nitrogens with zero attached hydrogens (tertiary/aromatic N) is 2. The standard InChI is InChI=1S/C16H31N3O2/c1-12(2)18-8-5-14(6-9-18)17-16(20)19-10-7-15(11-19)21-13(3)4/h12-15H,5-11H2,1-4H3,(H,17,20). The van der Waals surface area contributed by atoms with E-state index in [9.17, 15) is 4.79 Å². The summed E-state index contributed by atoms with van der Waals surface area (Å²) in [5.74, 6) is 0. The number of nitrogens with one attached hydrogen (secondary N) is 1. The van der Waals surface area contributed by atoms with Crippen molar-refractivity contribution < 1.29 is 9.53 Å². The van der Waals surface area contributed by atoms with Gasteiger partial charge in [0.1, 0.15) is 0 Å². The predicted octanol–water partition coefficient (Wildman–Crippen LogP) is 2.07. The van der Waals surface area contributed by atoms with Gasteiger partial charge in [0, 0.05) is 38.3 Å². The number of ether oxygens (including phenoxy) is 1. The van der Waals surface area contributed by atoms with Crippen LogP contribution in [0.4, 0.5) is 4.79 Å². The Bertz CT molecular complexity index is 338. The molecule has 0 aromatic heterocycles. The first kappa shape index (κ1) is 16.6. The highest BCUT2D eigenvalue weighted by atomic mass is 16.5. The van der Waals surface area contributed by atoms with Crippen molar-refractivity contribution in [3.63, 3.8) is 0 Å². The third-order valence-electron chi connectivity index (χ3n) is 4.48. The lowest BCUT2D eigenvalue weighted by Crippen LogP contribution is -2.50. The lowest BCUT2D eigenvalue weighted by molar-refractivity contribution is 0.0156. The Morgan fingerprint density at radius 1 is 1.10 bits per heavy atom. The number of amides is 2. The molecule has 2 heterocycles. The zero-order valence-corrected chi connectivity index (χ0v) is 14.0. The van der Waals surface area contributed by atoms with Crippen molar-refractivity contribution >= 4 is 6.03 Å². The minimum Gasteiger partial charge on any atom is -0.374 e. The number of piperidine rings is 1. The van der Waals surface area contributed by atoms with Gasteiger partial charge < -0.3 is 19.9 Å². The summed E-state index contributed by atoms with van der Waals surface area (Å²) in [4.78, 5) is 16.7. The van der Waals surface area contributed by atoms with E-state index in [4.69, 9.17) is 4.74 Å². The lowest BCUT2D eigenvalue weighted by atomic mass is 10.0. The van der Waals surface area contributed by atoms with Gasteiger partial charge in [0.25, 0.3) is 0 Å². The normalized spacial score (nSPS) is 25.0. The minimum atomic E-state index is 0.0906. The number of likely N-dealkylation sites (tertiary alicyclic amines) is 2. The molecular formula is C16H31N3O2. The van der Waals surface area contributed by atoms with E-state index in [1.807, 2.05) is 18.7 Å². The van der Waals surface area contributed by atoms with E-state index in [1.54, 1.807) is 0 Å². The molecule has 0 radical (unpaired) electrons. The van der Waals surface area contributed by atoms with Crippen LogP contribution in [0.3, 0.4) is 0 Å². The van der Waals surface area contributed by atoms with Crippen LogP contribution in [0, 0.1) is 0 Å². The summed E-state index contributed by atoms with van der Waals surface area (Å²) in [5, 5.41) is 3.20. The molecule has 0 saturated carbocycles. The first-order valence-electron chi connectivity index (χ1n) is 8.40. The second kappa shape index (κ2) is 7.45. The summed E-state index contributed by atoms with van der Waals surface area (Å²) in [5.41, 5.74) is 0. The highest BCUT2D eigenvalue weighted by Crippen LogP contribution is 2.16. The fraction of sp³-hybridized carbons (Fsp3) is 0.938. The number of hydrogen-bond donors (Lipinski definition) is 1. The van der Waals surface area contributed by atoms with Crippen LogP contribution >= 0.6 is 0 Å². The Morgan fingerprint density at radius 3 is 2.33 bits per heavy atom. The van der Waals surface area contributed by atoms with Gasteiger partial charge in [-0.25, -0.2) is 4.79 Å². The van der Waals surface area contributed by atoms with Crippen LogP contribution in [-0.2, 0) is 4.74 Å². The molecule has 0 aromatic rings. The van der Waals surface area contributed by atoms with Crippen LogP contribution in [0.15, 0.2) is 0 Å². The summed E-state index contributed by atoms with van der Waals surface area (Å²) in [6.45, 7) is 12.3. The molecule has 2 aliphatic heterocycles. The van der Waals surface area contributed by atoms with Gasteiger partial charge in [0.05, 0.1) is 12.2 Å². The van der Waals surface area contributed by atoms with Crippen LogP contribution in [0.5, 0.6) is 0 Å². The maximum absolute atomic E-state index is 12.3. The zero-order chi connectivity index (χ0) is 15.4. The Balaban J connectivity index is 1.71. The molecule has 1 unspecified atom stereocenters. The van der Waals surface area contributed by atoms with Crippen molar-refractivity contribution in [1.82, 2.24) is 15.1 Å². The molecule has 21 heavy (non-hydrogen) atoms. The SMILES string of the molecule is CC(C)OC1CCN(C(=O)NC2CCN(C(C)C)CC2)C1. The molecule has 2 amide bonds. The number of urea groups is 1. The Kier molecular flexibility index (Phi) is 5.88. The van der Waals surface area contributed by atoms with Crippen LogP contribution < -0.4 is 5.32 Å². The Hall–Kier alpha value is -0.810. The lowest BCUT2D eigenvalue weighted by Gasteiger charge is -2.35. The number of rotatable bonds is 4. The monoisotopic (exact) mass is 297 g/mol. The smallest absolute Gasteiger partial charge is 0.317 e. The molecule has 1 N–H and O–H groups in total. The molecule has 1 atom stereocenters. The van der Waals surface area contributed by atoms with E-state index in [-0.39, 0.29) is 18.2 Å². The molecule has 0 bridgehead atoms. The molecule has 0 spiro atoms. The molecule has 2 saturated heterocycles. The van der Waals surface area contributed by atoms with E-state index < -0.39 is 0 Å². The van der Waals surface area contributed by atoms with Gasteiger partial charge in [-0.05, 0) is 47.0 Å². The summed E-state index contributed by atoms with van der Waals surface area (Å²) < 4.78 is 5.79. The molecular weight excluding hydrogens is 266 g/mol. The topological polar surface area (TPSA) is 44.8 Å². The van der Waals surface area contributed by atoms with Gasteiger partial charge in [-0.2, -0.15) is 0 Å². The largest absolute Gasteiger partial charge is 0.374 e. The van der Waals surface area contributed by atoms with Crippen LogP contribution in [0.1, 0.15) is 47.0 Å². The first-order valence-corrected chi connectivity index (χ1v) is 8.40. The zero-order valence-electron chi connectivity index (χ0n) is 14.0. The summed E-state index contributed by atoms with van der Waals surface area (Å²) >= 11 is 0. The third-order valence-corrected chi connectivity index (χ3v) is 4.48.